The summed E-state index contributed by atoms with van der Waals surface area (Å²) >= 11 is 0. The molecule has 0 aliphatic carbocycles. The van der Waals surface area contributed by atoms with Crippen molar-refractivity contribution in [2.45, 2.75) is 78.1 Å². The van der Waals surface area contributed by atoms with Crippen LogP contribution in [0.5, 0.6) is 5.95 Å². The first-order chi connectivity index (χ1) is 10.2. The summed E-state index contributed by atoms with van der Waals surface area (Å²) in [7, 11) is 0. The molecule has 0 unspecified atom stereocenters. The van der Waals surface area contributed by atoms with Crippen LogP contribution in [0.4, 0.5) is 0 Å². The van der Waals surface area contributed by atoms with Crippen LogP contribution < -0.4 is 4.74 Å². The Balaban J connectivity index is 1.89. The van der Waals surface area contributed by atoms with E-state index in [1.807, 2.05) is 0 Å². The number of ketones is 1. The van der Waals surface area contributed by atoms with Gasteiger partial charge in [-0.15, -0.1) is 0 Å². The van der Waals surface area contributed by atoms with Crippen LogP contribution in [0.25, 0.3) is 0 Å². The van der Waals surface area contributed by atoms with E-state index < -0.39 is 0 Å². The molecule has 0 aliphatic rings. The van der Waals surface area contributed by atoms with Crippen LogP contribution in [-0.2, 0) is 0 Å². The predicted octanol–water partition coefficient (Wildman–Crippen LogP) is 5.78. The summed E-state index contributed by atoms with van der Waals surface area (Å²) in [5, 5.41) is 0. The summed E-state index contributed by atoms with van der Waals surface area (Å²) in [6.45, 7) is 4.41. The van der Waals surface area contributed by atoms with Gasteiger partial charge in [-0.2, -0.15) is 0 Å². The Bertz CT molecular complexity index is 382. The lowest BCUT2D eigenvalue weighted by atomic mass is 10.1. The van der Waals surface area contributed by atoms with Crippen LogP contribution in [0.1, 0.15) is 88.6 Å². The van der Waals surface area contributed by atoms with Crippen molar-refractivity contribution >= 4 is 5.78 Å². The average Bonchev–Trinajstić information content (AvgIpc) is 2.94. The summed E-state index contributed by atoms with van der Waals surface area (Å²) in [5.74, 6) is 0.757. The third-order valence-corrected chi connectivity index (χ3v) is 3.67. The maximum absolute atomic E-state index is 11.1. The molecule has 1 heterocycles. The van der Waals surface area contributed by atoms with Gasteiger partial charge >= 0.3 is 0 Å². The van der Waals surface area contributed by atoms with Crippen LogP contribution in [0, 0.1) is 0 Å². The monoisotopic (exact) mass is 294 g/mol. The number of carbonyl (C=O) groups excluding carboxylic acids is 1. The van der Waals surface area contributed by atoms with Crippen molar-refractivity contribution in [2.24, 2.45) is 0 Å². The second-order valence-electron chi connectivity index (χ2n) is 5.71. The molecule has 0 N–H and O–H groups in total. The molecule has 21 heavy (non-hydrogen) atoms. The number of hydrogen-bond donors (Lipinski definition) is 0. The van der Waals surface area contributed by atoms with Crippen LogP contribution in [0.2, 0.25) is 0 Å². The van der Waals surface area contributed by atoms with Gasteiger partial charge in [-0.25, -0.2) is 0 Å². The van der Waals surface area contributed by atoms with Crippen LogP contribution in [0.3, 0.4) is 0 Å². The number of unbranched alkanes of at least 4 members (excludes halogenated alkanes) is 9. The van der Waals surface area contributed by atoms with E-state index in [1.165, 1.54) is 64.7 Å². The molecular weight excluding hydrogens is 264 g/mol. The van der Waals surface area contributed by atoms with E-state index in [-0.39, 0.29) is 5.78 Å². The topological polar surface area (TPSA) is 39.4 Å². The van der Waals surface area contributed by atoms with Crippen molar-refractivity contribution in [3.8, 4) is 5.95 Å². The first kappa shape index (κ1) is 17.8. The fraction of sp³-hybridized carbons (Fsp3) is 0.722. The molecule has 0 atom stereocenters. The molecule has 0 amide bonds. The Morgan fingerprint density at radius 3 is 2.05 bits per heavy atom. The minimum absolute atomic E-state index is 0.0659. The van der Waals surface area contributed by atoms with Crippen molar-refractivity contribution in [2.75, 3.05) is 6.61 Å². The van der Waals surface area contributed by atoms with Gasteiger partial charge in [0.1, 0.15) is 0 Å². The molecule has 1 aromatic rings. The molecule has 0 spiro atoms. The van der Waals surface area contributed by atoms with Gasteiger partial charge in [-0.05, 0) is 12.5 Å². The molecular formula is C18H30O3. The molecule has 0 aliphatic heterocycles. The van der Waals surface area contributed by atoms with Crippen molar-refractivity contribution in [3.05, 3.63) is 17.9 Å². The lowest BCUT2D eigenvalue weighted by Gasteiger charge is -2.03. The maximum Gasteiger partial charge on any atom is 0.284 e. The Hall–Kier alpha value is -1.25. The van der Waals surface area contributed by atoms with E-state index in [1.54, 1.807) is 12.1 Å². The van der Waals surface area contributed by atoms with Crippen LogP contribution >= 0.6 is 0 Å². The zero-order valence-corrected chi connectivity index (χ0v) is 13.7. The molecule has 3 heteroatoms. The number of ether oxygens (including phenoxy) is 1. The van der Waals surface area contributed by atoms with Gasteiger partial charge in [0.05, 0.1) is 6.61 Å². The number of carbonyl (C=O) groups is 1. The van der Waals surface area contributed by atoms with Crippen molar-refractivity contribution in [1.82, 2.24) is 0 Å². The van der Waals surface area contributed by atoms with Gasteiger partial charge in [0, 0.05) is 13.0 Å². The minimum atomic E-state index is -0.0659. The van der Waals surface area contributed by atoms with Crippen molar-refractivity contribution in [1.29, 1.82) is 0 Å². The minimum Gasteiger partial charge on any atom is -0.465 e. The number of hydrogen-bond acceptors (Lipinski definition) is 3. The number of furan rings is 1. The van der Waals surface area contributed by atoms with Crippen LogP contribution in [0.15, 0.2) is 16.5 Å². The molecule has 0 bridgehead atoms. The highest BCUT2D eigenvalue weighted by Crippen LogP contribution is 2.17. The first-order valence-corrected chi connectivity index (χ1v) is 8.47. The Morgan fingerprint density at radius 1 is 0.952 bits per heavy atom. The van der Waals surface area contributed by atoms with Gasteiger partial charge < -0.3 is 9.15 Å². The van der Waals surface area contributed by atoms with Gasteiger partial charge in [-0.3, -0.25) is 4.79 Å². The van der Waals surface area contributed by atoms with Crippen molar-refractivity contribution < 1.29 is 13.9 Å². The highest BCUT2D eigenvalue weighted by Gasteiger charge is 2.06. The number of rotatable bonds is 13. The zero-order chi connectivity index (χ0) is 15.3. The summed E-state index contributed by atoms with van der Waals surface area (Å²) < 4.78 is 10.8. The summed E-state index contributed by atoms with van der Waals surface area (Å²) in [5.41, 5.74) is 0. The number of Topliss-reactive ketones (excluding diaryl/α,β-unsaturated/α-hetero) is 1. The van der Waals surface area contributed by atoms with E-state index in [0.29, 0.717) is 18.3 Å². The highest BCUT2D eigenvalue weighted by molar-refractivity contribution is 5.91. The fourth-order valence-electron chi connectivity index (χ4n) is 2.35. The van der Waals surface area contributed by atoms with E-state index in [2.05, 4.69) is 6.92 Å². The molecule has 0 aromatic carbocycles. The second-order valence-corrected chi connectivity index (χ2v) is 5.71. The normalized spacial score (nSPS) is 10.8. The summed E-state index contributed by atoms with van der Waals surface area (Å²) in [4.78, 5) is 11.1. The SMILES string of the molecule is CCCCCCCCCCCCOc1ccc(C(C)=O)o1. The van der Waals surface area contributed by atoms with Gasteiger partial charge in [-0.1, -0.05) is 64.7 Å². The average molecular weight is 294 g/mol. The highest BCUT2D eigenvalue weighted by atomic mass is 16.6. The van der Waals surface area contributed by atoms with Gasteiger partial charge in [0.2, 0.25) is 0 Å². The van der Waals surface area contributed by atoms with Crippen molar-refractivity contribution in [3.63, 3.8) is 0 Å². The Kier molecular flexibility index (Phi) is 9.68. The predicted molar refractivity (Wildman–Crippen MR) is 86.1 cm³/mol. The van der Waals surface area contributed by atoms with E-state index in [0.717, 1.165) is 6.42 Å². The molecule has 0 radical (unpaired) electrons. The lowest BCUT2D eigenvalue weighted by Crippen LogP contribution is -1.96. The van der Waals surface area contributed by atoms with Gasteiger partial charge in [0.25, 0.3) is 5.95 Å². The van der Waals surface area contributed by atoms with Gasteiger partial charge in [0.15, 0.2) is 11.5 Å². The molecule has 1 aromatic heterocycles. The molecule has 0 saturated heterocycles. The zero-order valence-electron chi connectivity index (χ0n) is 13.7. The Labute approximate surface area is 129 Å². The van der Waals surface area contributed by atoms with E-state index in [4.69, 9.17) is 9.15 Å². The molecule has 3 nitrogen and oxygen atoms in total. The quantitative estimate of drug-likeness (QED) is 0.342. The Morgan fingerprint density at radius 2 is 1.52 bits per heavy atom. The standard InChI is InChI=1S/C18H30O3/c1-3-4-5-6-7-8-9-10-11-12-15-20-18-14-13-17(21-18)16(2)19/h13-14H,3-12,15H2,1-2H3. The third kappa shape index (κ3) is 8.59. The maximum atomic E-state index is 11.1. The first-order valence-electron chi connectivity index (χ1n) is 8.47. The summed E-state index contributed by atoms with van der Waals surface area (Å²) in [6.07, 6.45) is 13.1. The third-order valence-electron chi connectivity index (χ3n) is 3.67. The summed E-state index contributed by atoms with van der Waals surface area (Å²) in [6, 6.07) is 3.38. The smallest absolute Gasteiger partial charge is 0.284 e. The van der Waals surface area contributed by atoms with Crippen LogP contribution in [-0.4, -0.2) is 12.4 Å². The van der Waals surface area contributed by atoms with E-state index in [9.17, 15) is 4.79 Å². The molecule has 120 valence electrons. The second kappa shape index (κ2) is 11.4. The fourth-order valence-corrected chi connectivity index (χ4v) is 2.35. The molecule has 0 fully saturated rings. The lowest BCUT2D eigenvalue weighted by molar-refractivity contribution is 0.0978. The van der Waals surface area contributed by atoms with E-state index >= 15 is 0 Å². The largest absolute Gasteiger partial charge is 0.465 e. The molecule has 0 saturated carbocycles. The molecule has 1 rings (SSSR count).